The maximum Gasteiger partial charge on any atom is 0.145 e. The first-order chi connectivity index (χ1) is 6.47. The van der Waals surface area contributed by atoms with Crippen LogP contribution < -0.4 is 5.32 Å². The highest BCUT2D eigenvalue weighted by atomic mass is 35.5. The highest BCUT2D eigenvalue weighted by molar-refractivity contribution is 6.31. The summed E-state index contributed by atoms with van der Waals surface area (Å²) in [6.45, 7) is 3.73. The van der Waals surface area contributed by atoms with Crippen molar-refractivity contribution in [3.8, 4) is 0 Å². The van der Waals surface area contributed by atoms with E-state index in [1.54, 1.807) is 26.1 Å². The van der Waals surface area contributed by atoms with Crippen molar-refractivity contribution in [1.29, 1.82) is 0 Å². The molecule has 0 aliphatic heterocycles. The molecule has 1 unspecified atom stereocenters. The Morgan fingerprint density at radius 1 is 1.50 bits per heavy atom. The lowest BCUT2D eigenvalue weighted by atomic mass is 9.97. The molecule has 0 radical (unpaired) electrons. The highest BCUT2D eigenvalue weighted by Gasteiger charge is 2.25. The van der Waals surface area contributed by atoms with Gasteiger partial charge < -0.3 is 5.32 Å². The Labute approximate surface area is 89.3 Å². The molecule has 0 aliphatic carbocycles. The summed E-state index contributed by atoms with van der Waals surface area (Å²) in [5, 5.41) is 3.44. The fourth-order valence-electron chi connectivity index (χ4n) is 1.35. The molecular formula is C11H15ClFN. The standard InChI is InChI=1S/C11H15ClFN/c1-8-4-5-9(6-10(8)12)11(2,13)7-14-3/h4-6,14H,7H2,1-3H3. The van der Waals surface area contributed by atoms with E-state index in [0.717, 1.165) is 5.56 Å². The molecule has 0 aromatic heterocycles. The molecule has 0 spiro atoms. The van der Waals surface area contributed by atoms with E-state index in [2.05, 4.69) is 5.32 Å². The van der Waals surface area contributed by atoms with E-state index >= 15 is 0 Å². The smallest absolute Gasteiger partial charge is 0.145 e. The molecule has 1 aromatic carbocycles. The maximum absolute atomic E-state index is 14.0. The van der Waals surface area contributed by atoms with Gasteiger partial charge in [-0.05, 0) is 38.1 Å². The molecule has 0 heterocycles. The van der Waals surface area contributed by atoms with Gasteiger partial charge in [-0.25, -0.2) is 4.39 Å². The first-order valence-electron chi connectivity index (χ1n) is 4.57. The van der Waals surface area contributed by atoms with Crippen LogP contribution in [-0.4, -0.2) is 13.6 Å². The van der Waals surface area contributed by atoms with Gasteiger partial charge in [0.1, 0.15) is 5.67 Å². The third-order valence-corrected chi connectivity index (χ3v) is 2.69. The molecule has 0 amide bonds. The van der Waals surface area contributed by atoms with Gasteiger partial charge in [0.25, 0.3) is 0 Å². The zero-order chi connectivity index (χ0) is 10.8. The van der Waals surface area contributed by atoms with Crippen molar-refractivity contribution in [3.63, 3.8) is 0 Å². The summed E-state index contributed by atoms with van der Waals surface area (Å²) in [7, 11) is 1.73. The molecule has 1 aromatic rings. The number of benzene rings is 1. The second-order valence-electron chi connectivity index (χ2n) is 3.69. The number of likely N-dealkylation sites (N-methyl/N-ethyl adjacent to an activating group) is 1. The number of hydrogen-bond acceptors (Lipinski definition) is 1. The summed E-state index contributed by atoms with van der Waals surface area (Å²) < 4.78 is 14.0. The summed E-state index contributed by atoms with van der Waals surface area (Å²) in [5.74, 6) is 0. The molecule has 0 bridgehead atoms. The molecule has 0 fully saturated rings. The molecule has 0 aliphatic rings. The van der Waals surface area contributed by atoms with Crippen LogP contribution in [-0.2, 0) is 5.67 Å². The van der Waals surface area contributed by atoms with Crippen molar-refractivity contribution in [2.75, 3.05) is 13.6 Å². The average Bonchev–Trinajstić information content (AvgIpc) is 2.09. The Hall–Kier alpha value is -0.600. The van der Waals surface area contributed by atoms with Crippen LogP contribution in [0.2, 0.25) is 5.02 Å². The molecule has 1 rings (SSSR count). The minimum absolute atomic E-state index is 0.284. The summed E-state index contributed by atoms with van der Waals surface area (Å²) in [6.07, 6.45) is 0. The Kier molecular flexibility index (Phi) is 3.51. The zero-order valence-electron chi connectivity index (χ0n) is 8.70. The van der Waals surface area contributed by atoms with E-state index in [9.17, 15) is 4.39 Å². The monoisotopic (exact) mass is 215 g/mol. The lowest BCUT2D eigenvalue weighted by molar-refractivity contribution is 0.191. The number of rotatable bonds is 3. The normalized spacial score (nSPS) is 15.2. The van der Waals surface area contributed by atoms with Gasteiger partial charge in [-0.1, -0.05) is 23.7 Å². The fraction of sp³-hybridized carbons (Fsp3) is 0.455. The van der Waals surface area contributed by atoms with Gasteiger partial charge in [0.15, 0.2) is 0 Å². The maximum atomic E-state index is 14.0. The van der Waals surface area contributed by atoms with Crippen molar-refractivity contribution in [2.24, 2.45) is 0 Å². The van der Waals surface area contributed by atoms with Crippen molar-refractivity contribution < 1.29 is 4.39 Å². The predicted molar refractivity (Wildman–Crippen MR) is 58.6 cm³/mol. The Bertz CT molecular complexity index is 323. The van der Waals surface area contributed by atoms with E-state index in [1.807, 2.05) is 13.0 Å². The van der Waals surface area contributed by atoms with Crippen LogP contribution in [0.15, 0.2) is 18.2 Å². The number of nitrogens with one attached hydrogen (secondary N) is 1. The number of aryl methyl sites for hydroxylation is 1. The largest absolute Gasteiger partial charge is 0.316 e. The summed E-state index contributed by atoms with van der Waals surface area (Å²) in [5.41, 5.74) is 0.213. The lowest BCUT2D eigenvalue weighted by Crippen LogP contribution is -2.29. The van der Waals surface area contributed by atoms with Gasteiger partial charge in [-0.15, -0.1) is 0 Å². The fourth-order valence-corrected chi connectivity index (χ4v) is 1.53. The van der Waals surface area contributed by atoms with Crippen molar-refractivity contribution in [2.45, 2.75) is 19.5 Å². The Balaban J connectivity index is 3.01. The topological polar surface area (TPSA) is 12.0 Å². The molecule has 0 saturated heterocycles. The van der Waals surface area contributed by atoms with Crippen molar-refractivity contribution in [3.05, 3.63) is 34.3 Å². The minimum atomic E-state index is -1.37. The molecule has 1 atom stereocenters. The van der Waals surface area contributed by atoms with Crippen LogP contribution in [0.1, 0.15) is 18.1 Å². The third-order valence-electron chi connectivity index (χ3n) is 2.28. The second-order valence-corrected chi connectivity index (χ2v) is 4.10. The number of alkyl halides is 1. The van der Waals surface area contributed by atoms with Gasteiger partial charge in [-0.2, -0.15) is 0 Å². The molecular weight excluding hydrogens is 201 g/mol. The van der Waals surface area contributed by atoms with Gasteiger partial charge >= 0.3 is 0 Å². The third kappa shape index (κ3) is 2.46. The molecule has 78 valence electrons. The van der Waals surface area contributed by atoms with Crippen LogP contribution >= 0.6 is 11.6 Å². The highest BCUT2D eigenvalue weighted by Crippen LogP contribution is 2.28. The van der Waals surface area contributed by atoms with Crippen LogP contribution in [0.25, 0.3) is 0 Å². The van der Waals surface area contributed by atoms with Crippen molar-refractivity contribution >= 4 is 11.6 Å². The molecule has 14 heavy (non-hydrogen) atoms. The average molecular weight is 216 g/mol. The molecule has 0 saturated carbocycles. The van der Waals surface area contributed by atoms with Gasteiger partial charge in [0, 0.05) is 11.6 Å². The molecule has 1 nitrogen and oxygen atoms in total. The lowest BCUT2D eigenvalue weighted by Gasteiger charge is -2.20. The zero-order valence-corrected chi connectivity index (χ0v) is 9.45. The summed E-state index contributed by atoms with van der Waals surface area (Å²) in [4.78, 5) is 0. The van der Waals surface area contributed by atoms with Gasteiger partial charge in [0.2, 0.25) is 0 Å². The predicted octanol–water partition coefficient (Wildman–Crippen LogP) is 3.05. The Morgan fingerprint density at radius 3 is 2.64 bits per heavy atom. The quantitative estimate of drug-likeness (QED) is 0.817. The summed E-state index contributed by atoms with van der Waals surface area (Å²) >= 11 is 5.93. The van der Waals surface area contributed by atoms with E-state index < -0.39 is 5.67 Å². The minimum Gasteiger partial charge on any atom is -0.316 e. The van der Waals surface area contributed by atoms with Crippen LogP contribution in [0.4, 0.5) is 4.39 Å². The van der Waals surface area contributed by atoms with E-state index in [4.69, 9.17) is 11.6 Å². The van der Waals surface area contributed by atoms with Crippen LogP contribution in [0.3, 0.4) is 0 Å². The second kappa shape index (κ2) is 4.28. The van der Waals surface area contributed by atoms with Crippen LogP contribution in [0, 0.1) is 6.92 Å². The van der Waals surface area contributed by atoms with Crippen molar-refractivity contribution in [1.82, 2.24) is 5.32 Å². The molecule has 3 heteroatoms. The SMILES string of the molecule is CNCC(C)(F)c1ccc(C)c(Cl)c1. The first-order valence-corrected chi connectivity index (χ1v) is 4.95. The van der Waals surface area contributed by atoms with Crippen LogP contribution in [0.5, 0.6) is 0 Å². The first kappa shape index (κ1) is 11.5. The Morgan fingerprint density at radius 2 is 2.14 bits per heavy atom. The van der Waals surface area contributed by atoms with E-state index in [0.29, 0.717) is 10.6 Å². The van der Waals surface area contributed by atoms with Gasteiger partial charge in [-0.3, -0.25) is 0 Å². The van der Waals surface area contributed by atoms with Gasteiger partial charge in [0.05, 0.1) is 0 Å². The number of halogens is 2. The van der Waals surface area contributed by atoms with E-state index in [-0.39, 0.29) is 6.54 Å². The molecule has 1 N–H and O–H groups in total. The number of hydrogen-bond donors (Lipinski definition) is 1. The summed E-state index contributed by atoms with van der Waals surface area (Å²) in [6, 6.07) is 5.30. The van der Waals surface area contributed by atoms with E-state index in [1.165, 1.54) is 0 Å².